The van der Waals surface area contributed by atoms with Gasteiger partial charge in [0, 0.05) is 19.8 Å². The molecule has 108 valence electrons. The zero-order chi connectivity index (χ0) is 14.8. The van der Waals surface area contributed by atoms with Crippen LogP contribution in [-0.2, 0) is 19.9 Å². The molecule has 0 heterocycles. The van der Waals surface area contributed by atoms with Gasteiger partial charge in [-0.1, -0.05) is 0 Å². The molecule has 0 amide bonds. The van der Waals surface area contributed by atoms with Crippen LogP contribution in [0.3, 0.4) is 0 Å². The third kappa shape index (κ3) is 4.69. The first-order chi connectivity index (χ1) is 8.50. The number of nitrogens with zero attached hydrogens (tertiary/aromatic N) is 1. The van der Waals surface area contributed by atoms with Crippen molar-refractivity contribution in [3.63, 3.8) is 0 Å². The van der Waals surface area contributed by atoms with Crippen LogP contribution in [-0.4, -0.2) is 42.4 Å². The van der Waals surface area contributed by atoms with Crippen molar-refractivity contribution in [3.8, 4) is 0 Å². The number of rotatable bonds is 5. The normalized spacial score (nSPS) is 12.4. The van der Waals surface area contributed by atoms with E-state index in [0.717, 1.165) is 6.26 Å². The Morgan fingerprint density at radius 1 is 1.21 bits per heavy atom. The van der Waals surface area contributed by atoms with Gasteiger partial charge in [-0.25, -0.2) is 22.0 Å². The van der Waals surface area contributed by atoms with Crippen LogP contribution in [0.2, 0.25) is 0 Å². The van der Waals surface area contributed by atoms with Crippen molar-refractivity contribution in [1.29, 1.82) is 0 Å². The van der Waals surface area contributed by atoms with E-state index >= 15 is 0 Å². The first-order valence-electron chi connectivity index (χ1n) is 5.32. The maximum Gasteiger partial charge on any atom is 0.238 e. The summed E-state index contributed by atoms with van der Waals surface area (Å²) in [6.07, 6.45) is 1.13. The second kappa shape index (κ2) is 5.35. The summed E-state index contributed by atoms with van der Waals surface area (Å²) in [6.45, 7) is 0.205. The topological polar surface area (TPSA) is 124 Å². The van der Waals surface area contributed by atoms with Crippen LogP contribution in [0.25, 0.3) is 0 Å². The van der Waals surface area contributed by atoms with Gasteiger partial charge in [0.15, 0.2) is 0 Å². The van der Waals surface area contributed by atoms with E-state index in [0.29, 0.717) is 11.4 Å². The predicted octanol–water partition coefficient (Wildman–Crippen LogP) is -0.603. The average Bonchev–Trinajstić information content (AvgIpc) is 2.24. The molecule has 0 bridgehead atoms. The summed E-state index contributed by atoms with van der Waals surface area (Å²) >= 11 is 0. The van der Waals surface area contributed by atoms with Gasteiger partial charge in [-0.15, -0.1) is 0 Å². The Bertz CT molecular complexity index is 668. The Morgan fingerprint density at radius 3 is 2.26 bits per heavy atom. The molecule has 0 saturated heterocycles. The molecule has 0 aromatic heterocycles. The number of sulfone groups is 1. The largest absolute Gasteiger partial charge is 0.397 e. The van der Waals surface area contributed by atoms with Gasteiger partial charge in [-0.3, -0.25) is 0 Å². The van der Waals surface area contributed by atoms with Crippen LogP contribution in [0.4, 0.5) is 11.4 Å². The SMILES string of the molecule is CN(CCS(C)(=O)=O)c1cc(S(N)(=O)=O)ccc1N. The Morgan fingerprint density at radius 2 is 1.79 bits per heavy atom. The molecule has 0 saturated carbocycles. The molecule has 19 heavy (non-hydrogen) atoms. The number of anilines is 2. The van der Waals surface area contributed by atoms with Gasteiger partial charge in [0.05, 0.1) is 22.0 Å². The molecule has 0 aliphatic carbocycles. The highest BCUT2D eigenvalue weighted by atomic mass is 32.2. The standard InChI is InChI=1S/C10H17N3O4S2/c1-13(5-6-18(2,14)15)10-7-8(19(12,16)17)3-4-9(10)11/h3-4,7H,5-6,11H2,1-2H3,(H2,12,16,17). The quantitative estimate of drug-likeness (QED) is 0.700. The minimum absolute atomic E-state index is 0.0530. The van der Waals surface area contributed by atoms with Crippen molar-refractivity contribution >= 4 is 31.2 Å². The molecule has 0 unspecified atom stereocenters. The Kier molecular flexibility index (Phi) is 4.43. The van der Waals surface area contributed by atoms with E-state index in [2.05, 4.69) is 0 Å². The smallest absolute Gasteiger partial charge is 0.238 e. The minimum Gasteiger partial charge on any atom is -0.397 e. The maximum atomic E-state index is 11.3. The summed E-state index contributed by atoms with van der Waals surface area (Å²) in [6, 6.07) is 4.05. The van der Waals surface area contributed by atoms with Crippen molar-refractivity contribution in [3.05, 3.63) is 18.2 Å². The highest BCUT2D eigenvalue weighted by Gasteiger charge is 2.14. The zero-order valence-corrected chi connectivity index (χ0v) is 12.3. The van der Waals surface area contributed by atoms with Gasteiger partial charge in [-0.2, -0.15) is 0 Å². The van der Waals surface area contributed by atoms with Crippen molar-refractivity contribution in [2.24, 2.45) is 5.14 Å². The Balaban J connectivity index is 3.06. The van der Waals surface area contributed by atoms with Crippen LogP contribution < -0.4 is 15.8 Å². The second-order valence-corrected chi connectivity index (χ2v) is 8.14. The molecule has 7 nitrogen and oxygen atoms in total. The summed E-state index contributed by atoms with van der Waals surface area (Å²) in [4.78, 5) is 1.51. The highest BCUT2D eigenvalue weighted by Crippen LogP contribution is 2.25. The fourth-order valence-corrected chi connectivity index (χ4v) is 2.59. The van der Waals surface area contributed by atoms with E-state index in [1.807, 2.05) is 0 Å². The van der Waals surface area contributed by atoms with Gasteiger partial charge < -0.3 is 10.6 Å². The number of nitrogens with two attached hydrogens (primary N) is 2. The number of nitrogen functional groups attached to an aromatic ring is 1. The van der Waals surface area contributed by atoms with E-state index < -0.39 is 19.9 Å². The lowest BCUT2D eigenvalue weighted by Crippen LogP contribution is -2.26. The summed E-state index contributed by atoms with van der Waals surface area (Å²) in [7, 11) is -5.29. The molecule has 0 aliphatic heterocycles. The van der Waals surface area contributed by atoms with Crippen LogP contribution in [0, 0.1) is 0 Å². The molecule has 1 rings (SSSR count). The lowest BCUT2D eigenvalue weighted by Gasteiger charge is -2.21. The van der Waals surface area contributed by atoms with Crippen molar-refractivity contribution in [1.82, 2.24) is 0 Å². The lowest BCUT2D eigenvalue weighted by atomic mass is 10.2. The fraction of sp³-hybridized carbons (Fsp3) is 0.400. The van der Waals surface area contributed by atoms with Crippen LogP contribution >= 0.6 is 0 Å². The molecule has 4 N–H and O–H groups in total. The van der Waals surface area contributed by atoms with E-state index in [-0.39, 0.29) is 17.2 Å². The average molecular weight is 307 g/mol. The second-order valence-electron chi connectivity index (χ2n) is 4.32. The summed E-state index contributed by atoms with van der Waals surface area (Å²) < 4.78 is 44.7. The van der Waals surface area contributed by atoms with Crippen LogP contribution in [0.1, 0.15) is 0 Å². The van der Waals surface area contributed by atoms with E-state index in [1.54, 1.807) is 11.9 Å². The molecule has 0 fully saturated rings. The number of benzene rings is 1. The van der Waals surface area contributed by atoms with E-state index in [4.69, 9.17) is 10.9 Å². The first-order valence-corrected chi connectivity index (χ1v) is 8.92. The number of hydrogen-bond acceptors (Lipinski definition) is 6. The zero-order valence-electron chi connectivity index (χ0n) is 10.7. The molecule has 1 aromatic rings. The van der Waals surface area contributed by atoms with Gasteiger partial charge >= 0.3 is 0 Å². The van der Waals surface area contributed by atoms with Gasteiger partial charge in [0.1, 0.15) is 9.84 Å². The first kappa shape index (κ1) is 15.7. The molecular formula is C10H17N3O4S2. The molecule has 0 aliphatic rings. The summed E-state index contributed by atoms with van der Waals surface area (Å²) in [5.41, 5.74) is 6.52. The molecule has 0 radical (unpaired) electrons. The van der Waals surface area contributed by atoms with Crippen LogP contribution in [0.5, 0.6) is 0 Å². The minimum atomic E-state index is -3.82. The molecule has 1 aromatic carbocycles. The molecule has 9 heteroatoms. The van der Waals surface area contributed by atoms with Crippen molar-refractivity contribution in [2.75, 3.05) is 36.2 Å². The lowest BCUT2D eigenvalue weighted by molar-refractivity contribution is 0.596. The fourth-order valence-electron chi connectivity index (χ4n) is 1.45. The van der Waals surface area contributed by atoms with Gasteiger partial charge in [-0.05, 0) is 18.2 Å². The summed E-state index contributed by atoms with van der Waals surface area (Å²) in [5.74, 6) is -0.0530. The van der Waals surface area contributed by atoms with Gasteiger partial charge in [0.2, 0.25) is 10.0 Å². The molecule has 0 spiro atoms. The number of hydrogen-bond donors (Lipinski definition) is 2. The monoisotopic (exact) mass is 307 g/mol. The Hall–Kier alpha value is -1.32. The number of primary sulfonamides is 1. The van der Waals surface area contributed by atoms with Gasteiger partial charge in [0.25, 0.3) is 0 Å². The molecule has 0 atom stereocenters. The van der Waals surface area contributed by atoms with E-state index in [1.165, 1.54) is 18.2 Å². The predicted molar refractivity (Wildman–Crippen MR) is 75.2 cm³/mol. The van der Waals surface area contributed by atoms with Crippen molar-refractivity contribution in [2.45, 2.75) is 4.90 Å². The van der Waals surface area contributed by atoms with E-state index in [9.17, 15) is 16.8 Å². The van der Waals surface area contributed by atoms with Crippen LogP contribution in [0.15, 0.2) is 23.1 Å². The maximum absolute atomic E-state index is 11.3. The summed E-state index contributed by atoms with van der Waals surface area (Å²) in [5, 5.41) is 5.04. The Labute approximate surface area is 113 Å². The highest BCUT2D eigenvalue weighted by molar-refractivity contribution is 7.90. The third-order valence-corrected chi connectivity index (χ3v) is 4.37. The van der Waals surface area contributed by atoms with Crippen molar-refractivity contribution < 1.29 is 16.8 Å². The number of sulfonamides is 1. The molecular weight excluding hydrogens is 290 g/mol. The third-order valence-electron chi connectivity index (χ3n) is 2.54.